The van der Waals surface area contributed by atoms with E-state index in [1.807, 2.05) is 0 Å². The minimum Gasteiger partial charge on any atom is -0.0622 e. The lowest BCUT2D eigenvalue weighted by Gasteiger charge is -2.34. The second kappa shape index (κ2) is 9.28. The lowest BCUT2D eigenvalue weighted by molar-refractivity contribution is 0.775. The van der Waals surface area contributed by atoms with Crippen LogP contribution in [0.2, 0.25) is 0 Å². The molecule has 0 radical (unpaired) electrons. The average molecular weight is 545 g/mol. The van der Waals surface area contributed by atoms with Gasteiger partial charge >= 0.3 is 0 Å². The van der Waals surface area contributed by atoms with Crippen LogP contribution in [0.25, 0.3) is 54.6 Å². The minimum absolute atomic E-state index is 0.410. The first kappa shape index (κ1) is 24.2. The van der Waals surface area contributed by atoms with E-state index in [1.54, 1.807) is 0 Å². The van der Waals surface area contributed by atoms with Crippen LogP contribution in [-0.2, 0) is 5.41 Å². The highest BCUT2D eigenvalue weighted by Crippen LogP contribution is 2.58. The maximum absolute atomic E-state index is 2.37. The largest absolute Gasteiger partial charge is 0.0719 e. The number of rotatable bonds is 3. The first-order valence-electron chi connectivity index (χ1n) is 15.0. The summed E-state index contributed by atoms with van der Waals surface area (Å²) in [5.74, 6) is 0. The molecule has 1 aliphatic carbocycles. The molecule has 0 amide bonds. The summed E-state index contributed by atoms with van der Waals surface area (Å²) in [6.45, 7) is 0. The first-order valence-corrected chi connectivity index (χ1v) is 15.0. The van der Waals surface area contributed by atoms with Gasteiger partial charge in [0.2, 0.25) is 0 Å². The Morgan fingerprint density at radius 3 is 1.65 bits per heavy atom. The first-order chi connectivity index (χ1) is 21.3. The van der Waals surface area contributed by atoms with Gasteiger partial charge in [-0.1, -0.05) is 158 Å². The van der Waals surface area contributed by atoms with Gasteiger partial charge in [0.25, 0.3) is 0 Å². The van der Waals surface area contributed by atoms with Gasteiger partial charge in [-0.15, -0.1) is 0 Å². The molecule has 0 aliphatic heterocycles. The van der Waals surface area contributed by atoms with Crippen LogP contribution >= 0.6 is 0 Å². The van der Waals surface area contributed by atoms with Crippen LogP contribution < -0.4 is 0 Å². The van der Waals surface area contributed by atoms with Crippen molar-refractivity contribution in [3.05, 3.63) is 192 Å². The van der Waals surface area contributed by atoms with Crippen molar-refractivity contribution in [1.82, 2.24) is 0 Å². The molecule has 1 aliphatic rings. The SMILES string of the molecule is c1ccc(C2(c3ccccc3)c3ccccc3-c3ccc4c(ccc5cc(-c6ccc7ccccc7c6)ccc54)c32)cc1. The van der Waals surface area contributed by atoms with Crippen LogP contribution in [0.1, 0.15) is 22.3 Å². The molecule has 0 spiro atoms. The third-order valence-electron chi connectivity index (χ3n) is 9.51. The molecule has 0 heteroatoms. The van der Waals surface area contributed by atoms with Crippen molar-refractivity contribution in [3.8, 4) is 22.3 Å². The summed E-state index contributed by atoms with van der Waals surface area (Å²) in [7, 11) is 0. The number of benzene rings is 8. The van der Waals surface area contributed by atoms with E-state index in [4.69, 9.17) is 0 Å². The Hall–Kier alpha value is -5.46. The number of hydrogen-bond donors (Lipinski definition) is 0. The van der Waals surface area contributed by atoms with Crippen LogP contribution in [0.3, 0.4) is 0 Å². The van der Waals surface area contributed by atoms with E-state index < -0.39 is 5.41 Å². The fourth-order valence-corrected chi connectivity index (χ4v) is 7.65. The fourth-order valence-electron chi connectivity index (χ4n) is 7.65. The molecule has 0 aromatic heterocycles. The summed E-state index contributed by atoms with van der Waals surface area (Å²) in [5.41, 5.74) is 10.0. The Kier molecular flexibility index (Phi) is 5.21. The molecule has 9 rings (SSSR count). The average Bonchev–Trinajstić information content (AvgIpc) is 3.40. The Bertz CT molecular complexity index is 2290. The second-order valence-electron chi connectivity index (χ2n) is 11.7. The molecule has 43 heavy (non-hydrogen) atoms. The third-order valence-corrected chi connectivity index (χ3v) is 9.51. The maximum atomic E-state index is 2.37. The normalized spacial score (nSPS) is 13.3. The highest BCUT2D eigenvalue weighted by Gasteiger charge is 2.46. The summed E-state index contributed by atoms with van der Waals surface area (Å²) >= 11 is 0. The molecule has 0 bridgehead atoms. The highest BCUT2D eigenvalue weighted by molar-refractivity contribution is 6.13. The zero-order valence-electron chi connectivity index (χ0n) is 23.7. The van der Waals surface area contributed by atoms with Gasteiger partial charge in [-0.05, 0) is 89.0 Å². The molecule has 200 valence electrons. The molecule has 8 aromatic rings. The topological polar surface area (TPSA) is 0 Å². The van der Waals surface area contributed by atoms with E-state index in [0.717, 1.165) is 0 Å². The monoisotopic (exact) mass is 544 g/mol. The van der Waals surface area contributed by atoms with E-state index >= 15 is 0 Å². The quantitative estimate of drug-likeness (QED) is 0.194. The van der Waals surface area contributed by atoms with E-state index in [-0.39, 0.29) is 0 Å². The van der Waals surface area contributed by atoms with Crippen LogP contribution in [0.4, 0.5) is 0 Å². The minimum atomic E-state index is -0.410. The number of hydrogen-bond acceptors (Lipinski definition) is 0. The molecule has 0 heterocycles. The lowest BCUT2D eigenvalue weighted by Crippen LogP contribution is -2.28. The van der Waals surface area contributed by atoms with Crippen LogP contribution in [0, 0.1) is 0 Å². The zero-order valence-corrected chi connectivity index (χ0v) is 23.7. The van der Waals surface area contributed by atoms with Gasteiger partial charge in [-0.25, -0.2) is 0 Å². The molecule has 0 saturated carbocycles. The summed E-state index contributed by atoms with van der Waals surface area (Å²) < 4.78 is 0. The molecule has 0 N–H and O–H groups in total. The van der Waals surface area contributed by atoms with Crippen molar-refractivity contribution in [2.45, 2.75) is 5.41 Å². The van der Waals surface area contributed by atoms with Gasteiger partial charge < -0.3 is 0 Å². The van der Waals surface area contributed by atoms with Gasteiger partial charge in [-0.2, -0.15) is 0 Å². The van der Waals surface area contributed by atoms with E-state index in [2.05, 4.69) is 170 Å². The van der Waals surface area contributed by atoms with Crippen LogP contribution in [-0.4, -0.2) is 0 Å². The summed E-state index contributed by atoms with van der Waals surface area (Å²) in [4.78, 5) is 0. The Balaban J connectivity index is 1.33. The Morgan fingerprint density at radius 2 is 0.884 bits per heavy atom. The summed E-state index contributed by atoms with van der Waals surface area (Å²) in [6, 6.07) is 62.8. The third kappa shape index (κ3) is 3.44. The second-order valence-corrected chi connectivity index (χ2v) is 11.7. The van der Waals surface area contributed by atoms with Crippen molar-refractivity contribution in [1.29, 1.82) is 0 Å². The number of fused-ring (bicyclic) bond motifs is 8. The predicted molar refractivity (Wildman–Crippen MR) is 182 cm³/mol. The highest BCUT2D eigenvalue weighted by atomic mass is 14.5. The van der Waals surface area contributed by atoms with Crippen molar-refractivity contribution in [3.63, 3.8) is 0 Å². The lowest BCUT2D eigenvalue weighted by atomic mass is 9.66. The summed E-state index contributed by atoms with van der Waals surface area (Å²) in [6.07, 6.45) is 0. The smallest absolute Gasteiger partial charge is 0.0622 e. The fraction of sp³-hybridized carbons (Fsp3) is 0.0233. The van der Waals surface area contributed by atoms with Gasteiger partial charge in [0.1, 0.15) is 0 Å². The van der Waals surface area contributed by atoms with Gasteiger partial charge in [0.15, 0.2) is 0 Å². The van der Waals surface area contributed by atoms with Crippen molar-refractivity contribution < 1.29 is 0 Å². The van der Waals surface area contributed by atoms with Crippen molar-refractivity contribution in [2.75, 3.05) is 0 Å². The van der Waals surface area contributed by atoms with Gasteiger partial charge in [0.05, 0.1) is 5.41 Å². The van der Waals surface area contributed by atoms with Crippen molar-refractivity contribution in [2.24, 2.45) is 0 Å². The molecular formula is C43H28. The Labute approximate surface area is 251 Å². The van der Waals surface area contributed by atoms with E-state index in [0.29, 0.717) is 0 Å². The maximum Gasteiger partial charge on any atom is 0.0719 e. The summed E-state index contributed by atoms with van der Waals surface area (Å²) in [5, 5.41) is 7.70. The molecule has 0 atom stereocenters. The molecule has 0 unspecified atom stereocenters. The standard InChI is InChI=1S/C43H28/c1-3-13-34(14-4-1)43(35-15-5-2-6-16-35)41-18-10-9-17-38(41)40-26-25-37-36-23-21-32(28-33(36)22-24-39(37)42(40)43)31-20-19-29-11-7-8-12-30(29)27-31/h1-28H. The molecule has 8 aromatic carbocycles. The van der Waals surface area contributed by atoms with E-state index in [1.165, 1.54) is 76.8 Å². The zero-order chi connectivity index (χ0) is 28.4. The van der Waals surface area contributed by atoms with Gasteiger partial charge in [-0.3, -0.25) is 0 Å². The van der Waals surface area contributed by atoms with Crippen molar-refractivity contribution >= 4 is 32.3 Å². The molecule has 0 nitrogen and oxygen atoms in total. The molecule has 0 fully saturated rings. The predicted octanol–water partition coefficient (Wildman–Crippen LogP) is 11.2. The Morgan fingerprint density at radius 1 is 0.326 bits per heavy atom. The molecular weight excluding hydrogens is 516 g/mol. The molecule has 0 saturated heterocycles. The van der Waals surface area contributed by atoms with Crippen LogP contribution in [0.15, 0.2) is 170 Å². The van der Waals surface area contributed by atoms with Crippen LogP contribution in [0.5, 0.6) is 0 Å². The van der Waals surface area contributed by atoms with Gasteiger partial charge in [0, 0.05) is 0 Å². The van der Waals surface area contributed by atoms with E-state index in [9.17, 15) is 0 Å².